The van der Waals surface area contributed by atoms with Crippen LogP contribution in [0.2, 0.25) is 0 Å². The molecule has 4 nitrogen and oxygen atoms in total. The molecule has 0 saturated carbocycles. The number of thioether (sulfide) groups is 1. The molecular weight excluding hydrogens is 260 g/mol. The number of benzene rings is 1. The van der Waals surface area contributed by atoms with Crippen LogP contribution in [0.15, 0.2) is 24.3 Å². The molecule has 1 aromatic carbocycles. The maximum absolute atomic E-state index is 11.8. The molecule has 0 aliphatic carbocycles. The molecule has 0 unspecified atom stereocenters. The molecule has 2 rings (SSSR count). The Morgan fingerprint density at radius 3 is 2.84 bits per heavy atom. The summed E-state index contributed by atoms with van der Waals surface area (Å²) in [4.78, 5) is 11.8. The van der Waals surface area contributed by atoms with Crippen molar-refractivity contribution in [3.63, 3.8) is 0 Å². The summed E-state index contributed by atoms with van der Waals surface area (Å²) in [5, 5.41) is 3.49. The molecule has 0 aromatic heterocycles. The highest BCUT2D eigenvalue weighted by Crippen LogP contribution is 2.23. The largest absolute Gasteiger partial charge is 0.397 e. The van der Waals surface area contributed by atoms with E-state index in [1.165, 1.54) is 0 Å². The lowest BCUT2D eigenvalue weighted by Crippen LogP contribution is -2.19. The molecule has 104 valence electrons. The zero-order valence-electron chi connectivity index (χ0n) is 10.9. The normalized spacial score (nSPS) is 16.2. The molecule has 1 aromatic rings. The molecule has 1 fully saturated rings. The van der Waals surface area contributed by atoms with Crippen molar-refractivity contribution in [3.05, 3.63) is 24.3 Å². The second kappa shape index (κ2) is 7.40. The topological polar surface area (TPSA) is 64.3 Å². The van der Waals surface area contributed by atoms with Gasteiger partial charge in [0.2, 0.25) is 5.91 Å². The predicted octanol–water partition coefficient (Wildman–Crippen LogP) is 2.51. The predicted molar refractivity (Wildman–Crippen MR) is 80.4 cm³/mol. The molecule has 0 atom stereocenters. The van der Waals surface area contributed by atoms with E-state index < -0.39 is 0 Å². The number of amides is 1. The van der Waals surface area contributed by atoms with E-state index in [-0.39, 0.29) is 5.91 Å². The minimum atomic E-state index is 0.0254. The van der Waals surface area contributed by atoms with Crippen molar-refractivity contribution in [2.75, 3.05) is 30.0 Å². The van der Waals surface area contributed by atoms with Gasteiger partial charge in [-0.15, -0.1) is 0 Å². The van der Waals surface area contributed by atoms with E-state index in [1.54, 1.807) is 6.07 Å². The van der Waals surface area contributed by atoms with Crippen LogP contribution in [0.25, 0.3) is 0 Å². The Hall–Kier alpha value is -1.20. The zero-order valence-corrected chi connectivity index (χ0v) is 11.7. The van der Waals surface area contributed by atoms with E-state index in [4.69, 9.17) is 10.5 Å². The van der Waals surface area contributed by atoms with Gasteiger partial charge in [-0.25, -0.2) is 0 Å². The SMILES string of the molecule is Nc1ccccc1NC(=O)CCSC1CCOCC1. The summed E-state index contributed by atoms with van der Waals surface area (Å²) in [5.74, 6) is 0.876. The Kier molecular flexibility index (Phi) is 5.54. The lowest BCUT2D eigenvalue weighted by Gasteiger charge is -2.21. The molecule has 3 N–H and O–H groups in total. The van der Waals surface area contributed by atoms with Crippen molar-refractivity contribution in [2.24, 2.45) is 0 Å². The van der Waals surface area contributed by atoms with Gasteiger partial charge in [-0.3, -0.25) is 4.79 Å². The standard InChI is InChI=1S/C14H20N2O2S/c15-12-3-1-2-4-13(12)16-14(17)7-10-19-11-5-8-18-9-6-11/h1-4,11H,5-10,15H2,(H,16,17). The molecule has 0 spiro atoms. The Morgan fingerprint density at radius 1 is 1.37 bits per heavy atom. The second-order valence-corrected chi connectivity index (χ2v) is 5.98. The average Bonchev–Trinajstić information content (AvgIpc) is 2.43. The molecule has 1 heterocycles. The number of anilines is 2. The van der Waals surface area contributed by atoms with Crippen molar-refractivity contribution in [2.45, 2.75) is 24.5 Å². The number of rotatable bonds is 5. The zero-order chi connectivity index (χ0) is 13.5. The number of carbonyl (C=O) groups excluding carboxylic acids is 1. The number of hydrogen-bond donors (Lipinski definition) is 2. The first-order valence-corrected chi connectivity index (χ1v) is 7.64. The number of para-hydroxylation sites is 2. The third kappa shape index (κ3) is 4.76. The minimum absolute atomic E-state index is 0.0254. The third-order valence-corrected chi connectivity index (χ3v) is 4.47. The molecule has 19 heavy (non-hydrogen) atoms. The lowest BCUT2D eigenvalue weighted by molar-refractivity contribution is -0.115. The van der Waals surface area contributed by atoms with Gasteiger partial charge < -0.3 is 15.8 Å². The number of ether oxygens (including phenoxy) is 1. The van der Waals surface area contributed by atoms with E-state index >= 15 is 0 Å². The first-order valence-electron chi connectivity index (χ1n) is 6.59. The van der Waals surface area contributed by atoms with Gasteiger partial charge in [0.15, 0.2) is 0 Å². The van der Waals surface area contributed by atoms with Crippen molar-refractivity contribution in [1.29, 1.82) is 0 Å². The van der Waals surface area contributed by atoms with Crippen LogP contribution in [0.3, 0.4) is 0 Å². The van der Waals surface area contributed by atoms with E-state index in [2.05, 4.69) is 5.32 Å². The first-order chi connectivity index (χ1) is 9.25. The summed E-state index contributed by atoms with van der Waals surface area (Å²) < 4.78 is 5.31. The maximum Gasteiger partial charge on any atom is 0.225 e. The molecule has 1 amide bonds. The molecular formula is C14H20N2O2S. The van der Waals surface area contributed by atoms with Crippen LogP contribution in [0.1, 0.15) is 19.3 Å². The summed E-state index contributed by atoms with van der Waals surface area (Å²) in [5.41, 5.74) is 7.08. The highest BCUT2D eigenvalue weighted by Gasteiger charge is 2.14. The van der Waals surface area contributed by atoms with Crippen LogP contribution in [0, 0.1) is 0 Å². The van der Waals surface area contributed by atoms with Crippen LogP contribution in [0.5, 0.6) is 0 Å². The highest BCUT2D eigenvalue weighted by molar-refractivity contribution is 7.99. The lowest BCUT2D eigenvalue weighted by atomic mass is 10.2. The summed E-state index contributed by atoms with van der Waals surface area (Å²) in [7, 11) is 0. The molecule has 0 bridgehead atoms. The Bertz CT molecular complexity index is 420. The van der Waals surface area contributed by atoms with E-state index in [9.17, 15) is 4.79 Å². The van der Waals surface area contributed by atoms with Gasteiger partial charge in [-0.1, -0.05) is 12.1 Å². The summed E-state index contributed by atoms with van der Waals surface area (Å²) in [6.07, 6.45) is 2.71. The Morgan fingerprint density at radius 2 is 2.11 bits per heavy atom. The smallest absolute Gasteiger partial charge is 0.225 e. The maximum atomic E-state index is 11.8. The molecule has 1 aliphatic rings. The molecule has 1 saturated heterocycles. The van der Waals surface area contributed by atoms with Gasteiger partial charge in [-0.2, -0.15) is 11.8 Å². The summed E-state index contributed by atoms with van der Waals surface area (Å²) >= 11 is 1.87. The van der Waals surface area contributed by atoms with Crippen LogP contribution < -0.4 is 11.1 Å². The fourth-order valence-electron chi connectivity index (χ4n) is 1.98. The molecule has 5 heteroatoms. The monoisotopic (exact) mass is 280 g/mol. The number of nitrogen functional groups attached to an aromatic ring is 1. The second-order valence-electron chi connectivity index (χ2n) is 4.57. The average molecular weight is 280 g/mol. The Labute approximate surface area is 118 Å². The van der Waals surface area contributed by atoms with E-state index in [1.807, 2.05) is 30.0 Å². The van der Waals surface area contributed by atoms with Crippen LogP contribution in [-0.2, 0) is 9.53 Å². The van der Waals surface area contributed by atoms with Gasteiger partial charge in [-0.05, 0) is 25.0 Å². The van der Waals surface area contributed by atoms with Crippen LogP contribution in [-0.4, -0.2) is 30.1 Å². The van der Waals surface area contributed by atoms with Crippen molar-refractivity contribution in [1.82, 2.24) is 0 Å². The number of nitrogens with two attached hydrogens (primary N) is 1. The molecule has 1 aliphatic heterocycles. The third-order valence-electron chi connectivity index (χ3n) is 3.09. The van der Waals surface area contributed by atoms with Crippen molar-refractivity contribution < 1.29 is 9.53 Å². The quantitative estimate of drug-likeness (QED) is 0.813. The van der Waals surface area contributed by atoms with Crippen LogP contribution >= 0.6 is 11.8 Å². The molecule has 0 radical (unpaired) electrons. The highest BCUT2D eigenvalue weighted by atomic mass is 32.2. The van der Waals surface area contributed by atoms with Gasteiger partial charge in [0.1, 0.15) is 0 Å². The van der Waals surface area contributed by atoms with Gasteiger partial charge in [0, 0.05) is 30.6 Å². The summed E-state index contributed by atoms with van der Waals surface area (Å²) in [6, 6.07) is 7.32. The van der Waals surface area contributed by atoms with E-state index in [0.717, 1.165) is 31.8 Å². The minimum Gasteiger partial charge on any atom is -0.397 e. The van der Waals surface area contributed by atoms with Gasteiger partial charge in [0.25, 0.3) is 0 Å². The number of carbonyl (C=O) groups is 1. The van der Waals surface area contributed by atoms with Crippen molar-refractivity contribution in [3.8, 4) is 0 Å². The fourth-order valence-corrected chi connectivity index (χ4v) is 3.15. The van der Waals surface area contributed by atoms with E-state index in [0.29, 0.717) is 23.0 Å². The number of nitrogens with one attached hydrogen (secondary N) is 1. The Balaban J connectivity index is 1.68. The van der Waals surface area contributed by atoms with Crippen molar-refractivity contribution >= 4 is 29.0 Å². The van der Waals surface area contributed by atoms with Crippen LogP contribution in [0.4, 0.5) is 11.4 Å². The van der Waals surface area contributed by atoms with Gasteiger partial charge >= 0.3 is 0 Å². The van der Waals surface area contributed by atoms with Gasteiger partial charge in [0.05, 0.1) is 11.4 Å². The fraction of sp³-hybridized carbons (Fsp3) is 0.500. The number of hydrogen-bond acceptors (Lipinski definition) is 4. The summed E-state index contributed by atoms with van der Waals surface area (Å²) in [6.45, 7) is 1.70. The first kappa shape index (κ1) is 14.2.